The molecule has 3 aromatic heterocycles. The summed E-state index contributed by atoms with van der Waals surface area (Å²) in [5, 5.41) is 17.3. The van der Waals surface area contributed by atoms with Crippen molar-refractivity contribution in [3.63, 3.8) is 0 Å². The summed E-state index contributed by atoms with van der Waals surface area (Å²) >= 11 is -2.45. The molecule has 0 radical (unpaired) electrons. The van der Waals surface area contributed by atoms with Crippen molar-refractivity contribution in [2.45, 2.75) is 73.7 Å². The van der Waals surface area contributed by atoms with Gasteiger partial charge in [-0.15, -0.1) is 0 Å². The number of rotatable bonds is 11. The molecule has 0 fully saturated rings. The van der Waals surface area contributed by atoms with Crippen LogP contribution in [0.1, 0.15) is 56.7 Å². The molecule has 0 saturated heterocycles. The zero-order chi connectivity index (χ0) is 24.1. The van der Waals surface area contributed by atoms with E-state index in [1.165, 1.54) is 5.56 Å². The van der Waals surface area contributed by atoms with Gasteiger partial charge in [-0.3, -0.25) is 0 Å². The number of hydrogen-bond acceptors (Lipinski definition) is 5. The zero-order valence-electron chi connectivity index (χ0n) is 21.1. The third-order valence-electron chi connectivity index (χ3n) is 5.92. The predicted molar refractivity (Wildman–Crippen MR) is 138 cm³/mol. The molecule has 0 aliphatic carbocycles. The van der Waals surface area contributed by atoms with Gasteiger partial charge in [-0.25, -0.2) is 4.98 Å². The number of nitrogens with zero attached hydrogens (tertiary/aromatic N) is 8. The molecule has 4 aromatic rings. The van der Waals surface area contributed by atoms with Gasteiger partial charge < -0.3 is 0 Å². The molecule has 0 amide bonds. The van der Waals surface area contributed by atoms with Crippen LogP contribution in [0.3, 0.4) is 0 Å². The molecule has 0 unspecified atom stereocenters. The molecule has 34 heavy (non-hydrogen) atoms. The number of benzene rings is 1. The Kier molecular flexibility index (Phi) is 7.85. The van der Waals surface area contributed by atoms with Crippen molar-refractivity contribution in [1.82, 2.24) is 37.8 Å². The van der Waals surface area contributed by atoms with Gasteiger partial charge in [-0.1, -0.05) is 26.7 Å². The van der Waals surface area contributed by atoms with Crippen LogP contribution in [0.25, 0.3) is 17.1 Å². The third-order valence-corrected chi connectivity index (χ3v) is 10.4. The Balaban J connectivity index is 1.51. The molecule has 0 N–H and O–H groups in total. The fourth-order valence-electron chi connectivity index (χ4n) is 3.97. The third kappa shape index (κ3) is 5.76. The Morgan fingerprint density at radius 2 is 1.65 bits per heavy atom. The minimum atomic E-state index is -2.45. The van der Waals surface area contributed by atoms with Crippen molar-refractivity contribution in [3.05, 3.63) is 59.9 Å². The van der Waals surface area contributed by atoms with Gasteiger partial charge in [0.25, 0.3) is 0 Å². The van der Waals surface area contributed by atoms with Crippen LogP contribution in [-0.4, -0.2) is 56.4 Å². The Morgan fingerprint density at radius 3 is 2.35 bits per heavy atom. The molecule has 8 nitrogen and oxygen atoms in total. The van der Waals surface area contributed by atoms with Crippen LogP contribution in [-0.2, 0) is 19.4 Å². The van der Waals surface area contributed by atoms with Crippen LogP contribution >= 0.6 is 0 Å². The summed E-state index contributed by atoms with van der Waals surface area (Å²) in [6.45, 7) is 5.18. The Labute approximate surface area is 206 Å². The monoisotopic (exact) mass is 568 g/mol. The van der Waals surface area contributed by atoms with E-state index in [-0.39, 0.29) is 0 Å². The average Bonchev–Trinajstić information content (AvgIpc) is 3.56. The van der Waals surface area contributed by atoms with Gasteiger partial charge in [0.1, 0.15) is 0 Å². The van der Waals surface area contributed by atoms with E-state index in [4.69, 9.17) is 10.1 Å². The summed E-state index contributed by atoms with van der Waals surface area (Å²) in [5.74, 6) is 2.95. The topological polar surface area (TPSA) is 79.2 Å². The maximum absolute atomic E-state index is 4.83. The Hall–Kier alpha value is -2.49. The first kappa shape index (κ1) is 24.6. The van der Waals surface area contributed by atoms with Gasteiger partial charge in [-0.05, 0) is 12.8 Å². The molecule has 0 atom stereocenters. The summed E-state index contributed by atoms with van der Waals surface area (Å²) in [7, 11) is 0. The summed E-state index contributed by atoms with van der Waals surface area (Å²) in [4.78, 5) is 11.7. The van der Waals surface area contributed by atoms with E-state index in [2.05, 4.69) is 99.1 Å². The second-order valence-corrected chi connectivity index (χ2v) is 23.5. The van der Waals surface area contributed by atoms with Crippen molar-refractivity contribution in [3.8, 4) is 17.1 Å². The molecule has 3 heterocycles. The van der Waals surface area contributed by atoms with E-state index in [1.54, 1.807) is 0 Å². The van der Waals surface area contributed by atoms with Crippen molar-refractivity contribution < 1.29 is 0 Å². The number of aryl methyl sites for hydroxylation is 2. The average molecular weight is 567 g/mol. The quantitative estimate of drug-likeness (QED) is 0.235. The Bertz CT molecular complexity index is 1200. The second kappa shape index (κ2) is 10.8. The SMILES string of the molecule is CCCCc1nc(CCCC)n(Cc2ccc(-n3ccc(-c4nnn[n]4[Sn]([CH3])([CH3])[CH3])c3)cc2)n1. The van der Waals surface area contributed by atoms with E-state index >= 15 is 0 Å². The van der Waals surface area contributed by atoms with Crippen LogP contribution in [0.4, 0.5) is 0 Å². The molecule has 0 spiro atoms. The number of aromatic nitrogens is 8. The van der Waals surface area contributed by atoms with E-state index in [0.717, 1.165) is 73.8 Å². The summed E-state index contributed by atoms with van der Waals surface area (Å²) < 4.78 is 6.30. The molecule has 9 heteroatoms. The number of tetrazole rings is 1. The van der Waals surface area contributed by atoms with Crippen LogP contribution < -0.4 is 0 Å². The van der Waals surface area contributed by atoms with Crippen LogP contribution in [0.5, 0.6) is 0 Å². The first-order chi connectivity index (χ1) is 16.4. The van der Waals surface area contributed by atoms with E-state index in [0.29, 0.717) is 0 Å². The van der Waals surface area contributed by atoms with Crippen molar-refractivity contribution in [2.75, 3.05) is 0 Å². The fraction of sp³-hybridized carbons (Fsp3) is 0.480. The molecule has 1 aromatic carbocycles. The first-order valence-corrected chi connectivity index (χ1v) is 22.2. The summed E-state index contributed by atoms with van der Waals surface area (Å²) in [6, 6.07) is 10.8. The van der Waals surface area contributed by atoms with Crippen LogP contribution in [0, 0.1) is 0 Å². The summed E-state index contributed by atoms with van der Waals surface area (Å²) in [6.07, 6.45) is 10.7. The van der Waals surface area contributed by atoms with E-state index in [9.17, 15) is 0 Å². The summed E-state index contributed by atoms with van der Waals surface area (Å²) in [5.41, 5.74) is 3.39. The van der Waals surface area contributed by atoms with Crippen molar-refractivity contribution >= 4 is 18.7 Å². The number of hydrogen-bond donors (Lipinski definition) is 0. The van der Waals surface area contributed by atoms with Gasteiger partial charge in [-0.2, -0.15) is 0 Å². The molecule has 4 rings (SSSR count). The first-order valence-electron chi connectivity index (χ1n) is 12.4. The van der Waals surface area contributed by atoms with Gasteiger partial charge in [0.2, 0.25) is 0 Å². The molecule has 0 saturated carbocycles. The van der Waals surface area contributed by atoms with Crippen LogP contribution in [0.15, 0.2) is 42.7 Å². The normalized spacial score (nSPS) is 11.9. The van der Waals surface area contributed by atoms with Gasteiger partial charge >= 0.3 is 144 Å². The van der Waals surface area contributed by atoms with Gasteiger partial charge in [0.05, 0.1) is 0 Å². The molecule has 0 aliphatic rings. The second-order valence-electron chi connectivity index (χ2n) is 9.87. The minimum absolute atomic E-state index is 0.753. The maximum atomic E-state index is 4.83. The van der Waals surface area contributed by atoms with Gasteiger partial charge in [0.15, 0.2) is 5.82 Å². The van der Waals surface area contributed by atoms with E-state index in [1.807, 2.05) is 0 Å². The van der Waals surface area contributed by atoms with Gasteiger partial charge in [0, 0.05) is 12.8 Å². The molecular formula is C25H36N8Sn. The Morgan fingerprint density at radius 1 is 0.912 bits per heavy atom. The number of unbranched alkanes of at least 4 members (excludes halogenated alkanes) is 2. The molecule has 0 aliphatic heterocycles. The van der Waals surface area contributed by atoms with Crippen molar-refractivity contribution in [2.24, 2.45) is 0 Å². The van der Waals surface area contributed by atoms with Crippen LogP contribution in [0.2, 0.25) is 14.8 Å². The molecular weight excluding hydrogens is 531 g/mol. The fourth-order valence-corrected chi connectivity index (χ4v) is 7.16. The predicted octanol–water partition coefficient (Wildman–Crippen LogP) is 5.14. The zero-order valence-corrected chi connectivity index (χ0v) is 23.9. The van der Waals surface area contributed by atoms with E-state index < -0.39 is 18.7 Å². The molecule has 180 valence electrons. The molecule has 0 bridgehead atoms. The van der Waals surface area contributed by atoms with Crippen molar-refractivity contribution in [1.29, 1.82) is 0 Å². The standard InChI is InChI=1S/C22H27N8.3CH3.Sn/c1-3-5-7-20-23-21(8-6-4-2)30(26-20)15-17-9-11-19(12-10-17)29-14-13-18(16-29)22-24-27-28-25-22;;;;/h9-14,16H,3-8,15H2,1-2H3;3*1H3;/q-1;;;;+1.